The molecule has 0 unspecified atom stereocenters. The smallest absolute Gasteiger partial charge is 0.0662 e. The molecule has 1 saturated carbocycles. The number of nitrogens with zero attached hydrogens (tertiary/aromatic N) is 2. The van der Waals surface area contributed by atoms with Crippen LogP contribution in [0.1, 0.15) is 41.8 Å². The first-order chi connectivity index (χ1) is 9.66. The van der Waals surface area contributed by atoms with Gasteiger partial charge >= 0.3 is 0 Å². The molecule has 0 spiro atoms. The molecular weight excluding hydrogens is 248 g/mol. The molecule has 0 atom stereocenters. The summed E-state index contributed by atoms with van der Waals surface area (Å²) < 4.78 is 2.08. The van der Waals surface area contributed by atoms with Crippen molar-refractivity contribution in [2.24, 2.45) is 0 Å². The Hall–Kier alpha value is -1.61. The summed E-state index contributed by atoms with van der Waals surface area (Å²) in [6, 6.07) is 10.4. The van der Waals surface area contributed by atoms with Gasteiger partial charge < -0.3 is 5.11 Å². The van der Waals surface area contributed by atoms with Crippen LogP contribution in [0.4, 0.5) is 0 Å². The number of benzene rings is 1. The molecular formula is C17H22N2O. The van der Waals surface area contributed by atoms with E-state index in [0.717, 1.165) is 25.1 Å². The third-order valence-corrected chi connectivity index (χ3v) is 4.70. The molecule has 2 aromatic rings. The topological polar surface area (TPSA) is 38.0 Å². The van der Waals surface area contributed by atoms with E-state index < -0.39 is 0 Å². The molecule has 0 radical (unpaired) electrons. The van der Waals surface area contributed by atoms with Gasteiger partial charge in [0.25, 0.3) is 0 Å². The Kier molecular flexibility index (Phi) is 3.38. The Bertz CT molecular complexity index is 591. The number of rotatable bonds is 4. The lowest BCUT2D eigenvalue weighted by molar-refractivity contribution is 0.119. The van der Waals surface area contributed by atoms with Gasteiger partial charge in [-0.05, 0) is 32.3 Å². The van der Waals surface area contributed by atoms with Crippen LogP contribution in [-0.4, -0.2) is 21.5 Å². The molecule has 106 valence electrons. The number of aliphatic hydroxyl groups excluding tert-OH is 1. The standard InChI is InChI=1S/C17H22N2O/c1-13-16(17(12-20)9-6-10-17)14(2)19(18-13)11-15-7-4-3-5-8-15/h3-5,7-8,20H,6,9-12H2,1-2H3. The molecule has 3 nitrogen and oxygen atoms in total. The highest BCUT2D eigenvalue weighted by molar-refractivity contribution is 5.36. The van der Waals surface area contributed by atoms with Gasteiger partial charge in [0.1, 0.15) is 0 Å². The van der Waals surface area contributed by atoms with Crippen LogP contribution in [-0.2, 0) is 12.0 Å². The molecule has 0 bridgehead atoms. The van der Waals surface area contributed by atoms with E-state index in [1.54, 1.807) is 0 Å². The molecule has 0 aliphatic heterocycles. The SMILES string of the molecule is Cc1nn(Cc2ccccc2)c(C)c1C1(CO)CCC1. The fraction of sp³-hybridized carbons (Fsp3) is 0.471. The number of hydrogen-bond donors (Lipinski definition) is 1. The van der Waals surface area contributed by atoms with E-state index in [2.05, 4.69) is 42.8 Å². The largest absolute Gasteiger partial charge is 0.395 e. The Labute approximate surface area is 120 Å². The summed E-state index contributed by atoms with van der Waals surface area (Å²) in [5.74, 6) is 0. The zero-order valence-electron chi connectivity index (χ0n) is 12.3. The van der Waals surface area contributed by atoms with Crippen LogP contribution in [0.3, 0.4) is 0 Å². The maximum Gasteiger partial charge on any atom is 0.0662 e. The van der Waals surface area contributed by atoms with Crippen molar-refractivity contribution >= 4 is 0 Å². The summed E-state index contributed by atoms with van der Waals surface area (Å²) in [5, 5.41) is 14.5. The molecule has 1 aromatic heterocycles. The zero-order chi connectivity index (χ0) is 14.2. The molecule has 1 aliphatic rings. The second-order valence-electron chi connectivity index (χ2n) is 5.98. The van der Waals surface area contributed by atoms with Crippen molar-refractivity contribution in [1.82, 2.24) is 9.78 Å². The summed E-state index contributed by atoms with van der Waals surface area (Å²) in [4.78, 5) is 0. The zero-order valence-corrected chi connectivity index (χ0v) is 12.3. The Morgan fingerprint density at radius 2 is 1.90 bits per heavy atom. The van der Waals surface area contributed by atoms with E-state index in [0.29, 0.717) is 0 Å². The average Bonchev–Trinajstić information content (AvgIpc) is 2.68. The highest BCUT2D eigenvalue weighted by Crippen LogP contribution is 2.45. The van der Waals surface area contributed by atoms with Crippen molar-refractivity contribution in [3.05, 3.63) is 52.8 Å². The molecule has 3 heteroatoms. The first-order valence-electron chi connectivity index (χ1n) is 7.35. The lowest BCUT2D eigenvalue weighted by Crippen LogP contribution is -2.39. The Morgan fingerprint density at radius 3 is 2.45 bits per heavy atom. The van der Waals surface area contributed by atoms with Crippen molar-refractivity contribution < 1.29 is 5.11 Å². The van der Waals surface area contributed by atoms with Crippen molar-refractivity contribution in [2.75, 3.05) is 6.61 Å². The second kappa shape index (κ2) is 5.06. The summed E-state index contributed by atoms with van der Waals surface area (Å²) >= 11 is 0. The van der Waals surface area contributed by atoms with E-state index in [1.807, 2.05) is 6.07 Å². The van der Waals surface area contributed by atoms with Crippen molar-refractivity contribution in [1.29, 1.82) is 0 Å². The quantitative estimate of drug-likeness (QED) is 0.927. The fourth-order valence-corrected chi connectivity index (χ4v) is 3.47. The maximum atomic E-state index is 9.80. The fourth-order valence-electron chi connectivity index (χ4n) is 3.47. The Morgan fingerprint density at radius 1 is 1.20 bits per heavy atom. The first kappa shape index (κ1) is 13.4. The van der Waals surface area contributed by atoms with Gasteiger partial charge in [-0.2, -0.15) is 5.10 Å². The minimum atomic E-state index is -0.0247. The number of hydrogen-bond acceptors (Lipinski definition) is 2. The number of aliphatic hydroxyl groups is 1. The predicted molar refractivity (Wildman–Crippen MR) is 79.9 cm³/mol. The first-order valence-corrected chi connectivity index (χ1v) is 7.35. The van der Waals surface area contributed by atoms with Gasteiger partial charge in [-0.3, -0.25) is 4.68 Å². The molecule has 1 heterocycles. The van der Waals surface area contributed by atoms with Crippen LogP contribution in [0, 0.1) is 13.8 Å². The van der Waals surface area contributed by atoms with Gasteiger partial charge in [-0.15, -0.1) is 0 Å². The van der Waals surface area contributed by atoms with Crippen molar-refractivity contribution in [3.63, 3.8) is 0 Å². The summed E-state index contributed by atoms with van der Waals surface area (Å²) in [5.41, 5.74) is 4.80. The molecule has 1 aromatic carbocycles. The predicted octanol–water partition coefficient (Wildman–Crippen LogP) is 2.96. The molecule has 20 heavy (non-hydrogen) atoms. The van der Waals surface area contributed by atoms with E-state index >= 15 is 0 Å². The number of aromatic nitrogens is 2. The molecule has 1 aliphatic carbocycles. The molecule has 0 saturated heterocycles. The van der Waals surface area contributed by atoms with Crippen LogP contribution < -0.4 is 0 Å². The van der Waals surface area contributed by atoms with Gasteiger partial charge in [-0.25, -0.2) is 0 Å². The highest BCUT2D eigenvalue weighted by Gasteiger charge is 2.41. The maximum absolute atomic E-state index is 9.80. The molecule has 1 N–H and O–H groups in total. The molecule has 3 rings (SSSR count). The van der Waals surface area contributed by atoms with Gasteiger partial charge in [0.2, 0.25) is 0 Å². The Balaban J connectivity index is 1.95. The van der Waals surface area contributed by atoms with E-state index in [1.165, 1.54) is 23.2 Å². The molecule has 0 amide bonds. The van der Waals surface area contributed by atoms with Crippen LogP contribution >= 0.6 is 0 Å². The van der Waals surface area contributed by atoms with Gasteiger partial charge in [0.15, 0.2) is 0 Å². The minimum Gasteiger partial charge on any atom is -0.395 e. The van der Waals surface area contributed by atoms with Gasteiger partial charge in [0, 0.05) is 16.7 Å². The van der Waals surface area contributed by atoms with E-state index in [-0.39, 0.29) is 12.0 Å². The summed E-state index contributed by atoms with van der Waals surface area (Å²) in [7, 11) is 0. The molecule has 1 fully saturated rings. The highest BCUT2D eigenvalue weighted by atomic mass is 16.3. The lowest BCUT2D eigenvalue weighted by atomic mass is 9.64. The number of aryl methyl sites for hydroxylation is 1. The van der Waals surface area contributed by atoms with E-state index in [9.17, 15) is 5.11 Å². The van der Waals surface area contributed by atoms with Crippen molar-refractivity contribution in [2.45, 2.75) is 45.1 Å². The normalized spacial score (nSPS) is 16.9. The third kappa shape index (κ3) is 2.06. The van der Waals surface area contributed by atoms with Crippen LogP contribution in [0.5, 0.6) is 0 Å². The van der Waals surface area contributed by atoms with Crippen LogP contribution in [0.2, 0.25) is 0 Å². The lowest BCUT2D eigenvalue weighted by Gasteiger charge is -2.41. The summed E-state index contributed by atoms with van der Waals surface area (Å²) in [6.07, 6.45) is 3.38. The van der Waals surface area contributed by atoms with Gasteiger partial charge in [0.05, 0.1) is 18.8 Å². The summed E-state index contributed by atoms with van der Waals surface area (Å²) in [6.45, 7) is 5.24. The van der Waals surface area contributed by atoms with Crippen molar-refractivity contribution in [3.8, 4) is 0 Å². The van der Waals surface area contributed by atoms with E-state index in [4.69, 9.17) is 5.10 Å². The minimum absolute atomic E-state index is 0.0247. The second-order valence-corrected chi connectivity index (χ2v) is 5.98. The average molecular weight is 270 g/mol. The third-order valence-electron chi connectivity index (χ3n) is 4.70. The van der Waals surface area contributed by atoms with Crippen LogP contribution in [0.15, 0.2) is 30.3 Å². The van der Waals surface area contributed by atoms with Gasteiger partial charge in [-0.1, -0.05) is 36.8 Å². The monoisotopic (exact) mass is 270 g/mol. The van der Waals surface area contributed by atoms with Crippen LogP contribution in [0.25, 0.3) is 0 Å².